The molecule has 0 unspecified atom stereocenters. The summed E-state index contributed by atoms with van der Waals surface area (Å²) >= 11 is 0. The Hall–Kier alpha value is -17.4. The minimum absolute atomic E-state index is 0.855. The maximum Gasteiger partial charge on any atom is 0.0973 e. The molecule has 9 heteroatoms. The zero-order chi connectivity index (χ0) is 86.3. The molecule has 129 heavy (non-hydrogen) atoms. The molecule has 0 spiro atoms. The van der Waals surface area contributed by atoms with Crippen LogP contribution in [0, 0.1) is 0 Å². The van der Waals surface area contributed by atoms with Crippen LogP contribution in [0.1, 0.15) is 0 Å². The molecule has 0 aliphatic heterocycles. The molecule has 0 radical (unpaired) electrons. The topological polar surface area (TPSA) is 87.1 Å². The maximum absolute atomic E-state index is 5.42. The Bertz CT molecular complexity index is 7390. The lowest BCUT2D eigenvalue weighted by Crippen LogP contribution is -2.09. The Morgan fingerprint density at radius 3 is 0.550 bits per heavy atom. The van der Waals surface area contributed by atoms with Crippen LogP contribution in [0.25, 0.3) is 145 Å². The van der Waals surface area contributed by atoms with Crippen LogP contribution in [0.4, 0.5) is 51.2 Å². The summed E-state index contributed by atoms with van der Waals surface area (Å²) in [5.41, 5.74) is 35.5. The van der Waals surface area contributed by atoms with E-state index in [1.807, 2.05) is 97.1 Å². The zero-order valence-corrected chi connectivity index (χ0v) is 70.6. The van der Waals surface area contributed by atoms with Gasteiger partial charge in [-0.3, -0.25) is 0 Å². The highest BCUT2D eigenvalue weighted by molar-refractivity contribution is 6.00. The number of aromatic nitrogens is 6. The third-order valence-corrected chi connectivity index (χ3v) is 23.0. The number of hydrogen-bond acceptors (Lipinski definition) is 9. The number of fused-ring (bicyclic) bond motifs is 3. The van der Waals surface area contributed by atoms with Gasteiger partial charge in [0, 0.05) is 101 Å². The summed E-state index contributed by atoms with van der Waals surface area (Å²) < 4.78 is 0. The largest absolute Gasteiger partial charge is 0.311 e. The molecular formula is C120H85N9. The first-order chi connectivity index (χ1) is 64.0. The molecule has 0 bridgehead atoms. The third kappa shape index (κ3) is 17.6. The second kappa shape index (κ2) is 37.7. The quantitative estimate of drug-likeness (QED) is 0.0786. The molecule has 9 nitrogen and oxygen atoms in total. The van der Waals surface area contributed by atoms with Crippen molar-refractivity contribution in [3.63, 3.8) is 0 Å². The Labute approximate surface area is 751 Å². The highest BCUT2D eigenvalue weighted by Crippen LogP contribution is 2.44. The smallest absolute Gasteiger partial charge is 0.0973 e. The standard InChI is InChI=1S/C44H31N3.2C38H27N3/c1-5-15-32(16-6-1)35-19-13-20-36(31-35)40-25-14-26-41-44(40)46-43(42(45-41)33-17-7-2-8-18-33)34-27-29-39(30-28-34)47(37-21-9-3-10-22-37)38-23-11-4-12-24-38;1-5-14-28(15-6-1)34-22-13-23-35-38(34)40-37(29-16-7-2-8-17-29)36(39-35)30-24-26-33(27-25-30)41(31-18-9-3-10-19-31)32-20-11-4-12-21-32;1-5-14-28(15-6-1)34-22-13-23-35-38(34)40-37(36(39-35)29-16-7-2-8-17-29)30-24-26-33(27-25-30)41(31-18-9-3-10-19-31)32-20-11-4-12-21-32/h1-31H;2*1-27H. The van der Waals surface area contributed by atoms with Crippen LogP contribution in [0.2, 0.25) is 0 Å². The van der Waals surface area contributed by atoms with Crippen molar-refractivity contribution in [2.45, 2.75) is 0 Å². The summed E-state index contributed by atoms with van der Waals surface area (Å²) in [6.07, 6.45) is 0. The first-order valence-corrected chi connectivity index (χ1v) is 43.4. The number of hydrogen-bond donors (Lipinski definition) is 0. The Kier molecular flexibility index (Phi) is 23.4. The minimum Gasteiger partial charge on any atom is -0.311 e. The third-order valence-electron chi connectivity index (χ3n) is 23.0. The molecule has 19 aromatic carbocycles. The Morgan fingerprint density at radius 1 is 0.116 bits per heavy atom. The van der Waals surface area contributed by atoms with Crippen LogP contribution < -0.4 is 14.7 Å². The lowest BCUT2D eigenvalue weighted by atomic mass is 9.97. The van der Waals surface area contributed by atoms with E-state index in [4.69, 9.17) is 29.9 Å². The zero-order valence-electron chi connectivity index (χ0n) is 70.6. The van der Waals surface area contributed by atoms with E-state index in [-0.39, 0.29) is 0 Å². The molecule has 3 aromatic heterocycles. The van der Waals surface area contributed by atoms with E-state index in [0.717, 1.165) is 185 Å². The van der Waals surface area contributed by atoms with Crippen molar-refractivity contribution in [1.82, 2.24) is 29.9 Å². The molecule has 0 N–H and O–H groups in total. The van der Waals surface area contributed by atoms with Gasteiger partial charge < -0.3 is 14.7 Å². The molecule has 3 heterocycles. The first-order valence-electron chi connectivity index (χ1n) is 43.4. The molecule has 0 saturated carbocycles. The summed E-state index contributed by atoms with van der Waals surface area (Å²) in [5, 5.41) is 0. The van der Waals surface area contributed by atoms with Gasteiger partial charge in [0.05, 0.1) is 67.3 Å². The lowest BCUT2D eigenvalue weighted by Gasteiger charge is -2.25. The number of anilines is 9. The SMILES string of the molecule is c1ccc(-c2cccc(-c3cccc4nc(-c5ccccc5)c(-c5ccc(N(c6ccccc6)c6ccccc6)cc5)nc34)c2)cc1.c1ccc(-c2nc3c(-c4ccccc4)cccc3nc2-c2ccc(N(c3ccccc3)c3ccccc3)cc2)cc1.c1ccc(-c2nc3cccc(-c4ccccc4)c3nc2-c2ccc(N(c3ccccc3)c3ccccc3)cc2)cc1. The molecular weight excluding hydrogens is 1570 g/mol. The van der Waals surface area contributed by atoms with Gasteiger partial charge in [0.2, 0.25) is 0 Å². The maximum atomic E-state index is 5.42. The average Bonchev–Trinajstić information content (AvgIpc) is 0.770. The van der Waals surface area contributed by atoms with Crippen molar-refractivity contribution in [3.8, 4) is 112 Å². The van der Waals surface area contributed by atoms with Crippen LogP contribution in [0.5, 0.6) is 0 Å². The van der Waals surface area contributed by atoms with E-state index in [0.29, 0.717) is 0 Å². The second-order valence-electron chi connectivity index (χ2n) is 31.2. The first kappa shape index (κ1) is 80.0. The summed E-state index contributed by atoms with van der Waals surface area (Å²) in [6, 6.07) is 178. The number of benzene rings is 19. The van der Waals surface area contributed by atoms with Crippen LogP contribution >= 0.6 is 0 Å². The summed E-state index contributed by atoms with van der Waals surface area (Å²) in [6.45, 7) is 0. The van der Waals surface area contributed by atoms with Gasteiger partial charge in [0.1, 0.15) is 0 Å². The van der Waals surface area contributed by atoms with Crippen molar-refractivity contribution in [3.05, 3.63) is 516 Å². The normalized spacial score (nSPS) is 10.9. The van der Waals surface area contributed by atoms with Crippen molar-refractivity contribution < 1.29 is 0 Å². The van der Waals surface area contributed by atoms with Crippen LogP contribution in [0.3, 0.4) is 0 Å². The number of nitrogens with zero attached hydrogens (tertiary/aromatic N) is 9. The van der Waals surface area contributed by atoms with E-state index in [1.54, 1.807) is 0 Å². The van der Waals surface area contributed by atoms with Crippen LogP contribution in [-0.2, 0) is 0 Å². The fourth-order valence-corrected chi connectivity index (χ4v) is 16.8. The summed E-state index contributed by atoms with van der Waals surface area (Å²) in [7, 11) is 0. The molecule has 0 fully saturated rings. The predicted octanol–water partition coefficient (Wildman–Crippen LogP) is 32.0. The molecule has 0 atom stereocenters. The van der Waals surface area contributed by atoms with Gasteiger partial charge in [0.15, 0.2) is 0 Å². The van der Waals surface area contributed by atoms with Gasteiger partial charge in [-0.25, -0.2) is 29.9 Å². The molecule has 0 saturated heterocycles. The van der Waals surface area contributed by atoms with Gasteiger partial charge in [0.25, 0.3) is 0 Å². The van der Waals surface area contributed by atoms with E-state index >= 15 is 0 Å². The molecule has 22 aromatic rings. The van der Waals surface area contributed by atoms with E-state index < -0.39 is 0 Å². The van der Waals surface area contributed by atoms with Gasteiger partial charge in [-0.15, -0.1) is 0 Å². The molecule has 0 aliphatic rings. The van der Waals surface area contributed by atoms with Crippen molar-refractivity contribution >= 4 is 84.3 Å². The average molecular weight is 1650 g/mol. The minimum atomic E-state index is 0.855. The highest BCUT2D eigenvalue weighted by Gasteiger charge is 2.24. The second-order valence-corrected chi connectivity index (χ2v) is 31.2. The highest BCUT2D eigenvalue weighted by atomic mass is 15.2. The van der Waals surface area contributed by atoms with Crippen molar-refractivity contribution in [1.29, 1.82) is 0 Å². The van der Waals surface area contributed by atoms with Gasteiger partial charge in [-0.1, -0.05) is 382 Å². The fourth-order valence-electron chi connectivity index (χ4n) is 16.8. The van der Waals surface area contributed by atoms with E-state index in [2.05, 4.69) is 433 Å². The molecule has 0 aliphatic carbocycles. The van der Waals surface area contributed by atoms with Gasteiger partial charge in [-0.05, 0) is 161 Å². The molecule has 22 rings (SSSR count). The summed E-state index contributed by atoms with van der Waals surface area (Å²) in [4.78, 5) is 38.5. The fraction of sp³-hybridized carbons (Fsp3) is 0. The Balaban J connectivity index is 0.000000122. The summed E-state index contributed by atoms with van der Waals surface area (Å²) in [5.74, 6) is 0. The van der Waals surface area contributed by atoms with Gasteiger partial charge in [-0.2, -0.15) is 0 Å². The monoisotopic (exact) mass is 1650 g/mol. The number of para-hydroxylation sites is 9. The van der Waals surface area contributed by atoms with Crippen LogP contribution in [0.15, 0.2) is 516 Å². The van der Waals surface area contributed by atoms with E-state index in [1.165, 1.54) is 11.1 Å². The lowest BCUT2D eigenvalue weighted by molar-refractivity contribution is 1.27. The molecule has 610 valence electrons. The van der Waals surface area contributed by atoms with Crippen molar-refractivity contribution in [2.75, 3.05) is 14.7 Å². The molecule has 0 amide bonds. The Morgan fingerprint density at radius 2 is 0.295 bits per heavy atom. The van der Waals surface area contributed by atoms with Gasteiger partial charge >= 0.3 is 0 Å². The van der Waals surface area contributed by atoms with E-state index in [9.17, 15) is 0 Å². The van der Waals surface area contributed by atoms with Crippen molar-refractivity contribution in [2.24, 2.45) is 0 Å². The predicted molar refractivity (Wildman–Crippen MR) is 537 cm³/mol. The van der Waals surface area contributed by atoms with Crippen LogP contribution in [-0.4, -0.2) is 29.9 Å². The number of rotatable bonds is 19.